The SMILES string of the molecule is CC(C(=O)O)C1=CNCCC1c1ccc(F)cc1. The molecule has 1 aliphatic heterocycles. The molecule has 0 bridgehead atoms. The summed E-state index contributed by atoms with van der Waals surface area (Å²) in [6.45, 7) is 2.48. The lowest BCUT2D eigenvalue weighted by Gasteiger charge is -2.27. The van der Waals surface area contributed by atoms with Gasteiger partial charge in [0.25, 0.3) is 0 Å². The lowest BCUT2D eigenvalue weighted by atomic mass is 9.81. The zero-order valence-electron chi connectivity index (χ0n) is 10.2. The number of rotatable bonds is 3. The molecule has 0 spiro atoms. The molecule has 2 N–H and O–H groups in total. The molecule has 1 heterocycles. The Hall–Kier alpha value is -1.84. The van der Waals surface area contributed by atoms with E-state index < -0.39 is 11.9 Å². The number of aliphatic carboxylic acids is 1. The number of carboxylic acid groups (broad SMARTS) is 1. The molecule has 1 aromatic rings. The van der Waals surface area contributed by atoms with Gasteiger partial charge in [0.2, 0.25) is 0 Å². The largest absolute Gasteiger partial charge is 0.481 e. The molecular weight excluding hydrogens is 233 g/mol. The highest BCUT2D eigenvalue weighted by Gasteiger charge is 2.27. The van der Waals surface area contributed by atoms with Crippen LogP contribution in [0.25, 0.3) is 0 Å². The molecule has 96 valence electrons. The van der Waals surface area contributed by atoms with Gasteiger partial charge in [-0.15, -0.1) is 0 Å². The van der Waals surface area contributed by atoms with Crippen molar-refractivity contribution in [2.75, 3.05) is 6.54 Å². The van der Waals surface area contributed by atoms with Gasteiger partial charge in [0.1, 0.15) is 5.82 Å². The zero-order chi connectivity index (χ0) is 13.1. The maximum absolute atomic E-state index is 12.9. The van der Waals surface area contributed by atoms with Gasteiger partial charge in [0.05, 0.1) is 5.92 Å². The minimum absolute atomic E-state index is 0.0537. The molecule has 0 amide bonds. The van der Waals surface area contributed by atoms with Crippen LogP contribution < -0.4 is 5.32 Å². The molecule has 0 saturated carbocycles. The van der Waals surface area contributed by atoms with Crippen molar-refractivity contribution in [3.63, 3.8) is 0 Å². The van der Waals surface area contributed by atoms with Crippen molar-refractivity contribution in [2.45, 2.75) is 19.3 Å². The van der Waals surface area contributed by atoms with Crippen LogP contribution in [0.3, 0.4) is 0 Å². The second-order valence-electron chi connectivity index (χ2n) is 4.55. The second kappa shape index (κ2) is 5.21. The number of halogens is 1. The van der Waals surface area contributed by atoms with E-state index in [2.05, 4.69) is 5.32 Å². The van der Waals surface area contributed by atoms with Crippen molar-refractivity contribution in [3.8, 4) is 0 Å². The quantitative estimate of drug-likeness (QED) is 0.865. The molecular formula is C14H16FNO2. The van der Waals surface area contributed by atoms with Crippen molar-refractivity contribution in [2.24, 2.45) is 5.92 Å². The Labute approximate surface area is 105 Å². The van der Waals surface area contributed by atoms with E-state index in [1.54, 1.807) is 25.3 Å². The van der Waals surface area contributed by atoms with Gasteiger partial charge in [0, 0.05) is 12.5 Å². The van der Waals surface area contributed by atoms with Crippen LogP contribution in [-0.2, 0) is 4.79 Å². The Balaban J connectivity index is 2.30. The molecule has 1 aromatic carbocycles. The summed E-state index contributed by atoms with van der Waals surface area (Å²) in [5, 5.41) is 12.2. The van der Waals surface area contributed by atoms with E-state index in [9.17, 15) is 9.18 Å². The van der Waals surface area contributed by atoms with Gasteiger partial charge in [-0.05, 0) is 42.8 Å². The van der Waals surface area contributed by atoms with E-state index in [1.165, 1.54) is 12.1 Å². The first-order valence-electron chi connectivity index (χ1n) is 6.01. The first kappa shape index (κ1) is 12.6. The minimum atomic E-state index is -0.836. The van der Waals surface area contributed by atoms with Gasteiger partial charge < -0.3 is 10.4 Å². The standard InChI is InChI=1S/C14H16FNO2/c1-9(14(17)18)13-8-16-7-6-12(13)10-2-4-11(15)5-3-10/h2-5,8-9,12,16H,6-7H2,1H3,(H,17,18). The predicted molar refractivity (Wildman–Crippen MR) is 66.6 cm³/mol. The number of nitrogens with one attached hydrogen (secondary N) is 1. The van der Waals surface area contributed by atoms with E-state index in [1.807, 2.05) is 0 Å². The lowest BCUT2D eigenvalue weighted by molar-refractivity contribution is -0.140. The normalized spacial score (nSPS) is 20.8. The van der Waals surface area contributed by atoms with E-state index in [0.29, 0.717) is 0 Å². The molecule has 1 aliphatic rings. The van der Waals surface area contributed by atoms with Gasteiger partial charge in [0.15, 0.2) is 0 Å². The van der Waals surface area contributed by atoms with Crippen LogP contribution in [0.5, 0.6) is 0 Å². The Morgan fingerprint density at radius 2 is 2.11 bits per heavy atom. The molecule has 2 rings (SSSR count). The van der Waals surface area contributed by atoms with Crippen LogP contribution in [0.15, 0.2) is 36.0 Å². The van der Waals surface area contributed by atoms with Gasteiger partial charge in [-0.2, -0.15) is 0 Å². The molecule has 0 radical (unpaired) electrons. The summed E-state index contributed by atoms with van der Waals surface area (Å²) in [6, 6.07) is 6.29. The molecule has 0 saturated heterocycles. The molecule has 18 heavy (non-hydrogen) atoms. The Bertz CT molecular complexity index is 467. The van der Waals surface area contributed by atoms with Gasteiger partial charge in [-0.1, -0.05) is 12.1 Å². The highest BCUT2D eigenvalue weighted by Crippen LogP contribution is 2.34. The molecule has 4 heteroatoms. The van der Waals surface area contributed by atoms with Gasteiger partial charge in [-0.25, -0.2) is 4.39 Å². The summed E-state index contributed by atoms with van der Waals surface area (Å²) in [6.07, 6.45) is 2.62. The van der Waals surface area contributed by atoms with E-state index >= 15 is 0 Å². The highest BCUT2D eigenvalue weighted by molar-refractivity contribution is 5.73. The van der Waals surface area contributed by atoms with Crippen molar-refractivity contribution >= 4 is 5.97 Å². The van der Waals surface area contributed by atoms with Crippen molar-refractivity contribution in [3.05, 3.63) is 47.4 Å². The summed E-state index contributed by atoms with van der Waals surface area (Å²) in [4.78, 5) is 11.1. The van der Waals surface area contributed by atoms with Crippen LogP contribution in [-0.4, -0.2) is 17.6 Å². The molecule has 0 aliphatic carbocycles. The summed E-state index contributed by atoms with van der Waals surface area (Å²) in [5.74, 6) is -1.59. The number of hydrogen-bond donors (Lipinski definition) is 2. The van der Waals surface area contributed by atoms with Crippen LogP contribution in [0.1, 0.15) is 24.8 Å². The van der Waals surface area contributed by atoms with Crippen molar-refractivity contribution < 1.29 is 14.3 Å². The molecule has 0 aromatic heterocycles. The monoisotopic (exact) mass is 249 g/mol. The maximum Gasteiger partial charge on any atom is 0.310 e. The van der Waals surface area contributed by atoms with Crippen molar-refractivity contribution in [1.29, 1.82) is 0 Å². The van der Waals surface area contributed by atoms with E-state index in [-0.39, 0.29) is 11.7 Å². The number of hydrogen-bond acceptors (Lipinski definition) is 2. The smallest absolute Gasteiger partial charge is 0.310 e. The summed E-state index contributed by atoms with van der Waals surface area (Å²) >= 11 is 0. The average molecular weight is 249 g/mol. The third-order valence-electron chi connectivity index (χ3n) is 3.39. The highest BCUT2D eigenvalue weighted by atomic mass is 19.1. The second-order valence-corrected chi connectivity index (χ2v) is 4.55. The predicted octanol–water partition coefficient (Wildman–Crippen LogP) is 2.51. The van der Waals surface area contributed by atoms with Crippen molar-refractivity contribution in [1.82, 2.24) is 5.32 Å². The lowest BCUT2D eigenvalue weighted by Crippen LogP contribution is -2.26. The summed E-state index contributed by atoms with van der Waals surface area (Å²) in [7, 11) is 0. The fourth-order valence-electron chi connectivity index (χ4n) is 2.31. The fraction of sp³-hybridized carbons (Fsp3) is 0.357. The van der Waals surface area contributed by atoms with E-state index in [0.717, 1.165) is 24.1 Å². The first-order valence-corrected chi connectivity index (χ1v) is 6.01. The molecule has 2 atom stereocenters. The van der Waals surface area contributed by atoms with Crippen LogP contribution >= 0.6 is 0 Å². The zero-order valence-corrected chi connectivity index (χ0v) is 10.2. The molecule has 0 fully saturated rings. The Morgan fingerprint density at radius 1 is 1.44 bits per heavy atom. The minimum Gasteiger partial charge on any atom is -0.481 e. The number of carbonyl (C=O) groups is 1. The first-order chi connectivity index (χ1) is 8.59. The average Bonchev–Trinajstić information content (AvgIpc) is 2.39. The van der Waals surface area contributed by atoms with Gasteiger partial charge in [-0.3, -0.25) is 4.79 Å². The Kier molecular flexibility index (Phi) is 3.65. The number of benzene rings is 1. The summed E-state index contributed by atoms with van der Waals surface area (Å²) in [5.41, 5.74) is 1.82. The molecule has 3 nitrogen and oxygen atoms in total. The molecule has 2 unspecified atom stereocenters. The third kappa shape index (κ3) is 2.53. The van der Waals surface area contributed by atoms with Crippen LogP contribution in [0.2, 0.25) is 0 Å². The topological polar surface area (TPSA) is 49.3 Å². The Morgan fingerprint density at radius 3 is 2.72 bits per heavy atom. The van der Waals surface area contributed by atoms with E-state index in [4.69, 9.17) is 5.11 Å². The van der Waals surface area contributed by atoms with Gasteiger partial charge >= 0.3 is 5.97 Å². The van der Waals surface area contributed by atoms with Crippen LogP contribution in [0, 0.1) is 11.7 Å². The number of carboxylic acids is 1. The third-order valence-corrected chi connectivity index (χ3v) is 3.39. The fourth-order valence-corrected chi connectivity index (χ4v) is 2.31. The summed E-state index contributed by atoms with van der Waals surface area (Å²) < 4.78 is 12.9. The maximum atomic E-state index is 12.9. The van der Waals surface area contributed by atoms with Crippen LogP contribution in [0.4, 0.5) is 4.39 Å².